The summed E-state index contributed by atoms with van der Waals surface area (Å²) in [6.45, 7) is 1.58. The molecule has 4 heterocycles. The van der Waals surface area contributed by atoms with Gasteiger partial charge >= 0.3 is 0 Å². The number of aliphatic hydroxyl groups excluding tert-OH is 1. The van der Waals surface area contributed by atoms with Crippen LogP contribution in [0.2, 0.25) is 0 Å². The predicted octanol–water partition coefficient (Wildman–Crippen LogP) is 3.29. The van der Waals surface area contributed by atoms with Crippen LogP contribution in [0, 0.1) is 0 Å². The number of thiazole rings is 1. The molecule has 0 aliphatic carbocycles. The van der Waals surface area contributed by atoms with E-state index in [0.29, 0.717) is 0 Å². The van der Waals surface area contributed by atoms with Gasteiger partial charge in [0.25, 0.3) is 0 Å². The fourth-order valence-electron chi connectivity index (χ4n) is 2.71. The van der Waals surface area contributed by atoms with Crippen LogP contribution in [0.4, 0.5) is 5.95 Å². The van der Waals surface area contributed by atoms with Crippen molar-refractivity contribution in [2.75, 3.05) is 18.0 Å². The van der Waals surface area contributed by atoms with E-state index in [1.165, 1.54) is 0 Å². The standard InChI is InChI=1S/C16H16N4OS2/c21-11-3-6-20(7-4-11)16-18-10-12(13-2-1-8-22-13)14(19-16)15-17-5-9-23-15/h1-2,5,8-11,21H,3-4,6-7H2. The minimum Gasteiger partial charge on any atom is -0.393 e. The molecular formula is C16H16N4OS2. The van der Waals surface area contributed by atoms with Crippen molar-refractivity contribution in [3.05, 3.63) is 35.3 Å². The summed E-state index contributed by atoms with van der Waals surface area (Å²) in [5.74, 6) is 0.724. The van der Waals surface area contributed by atoms with Gasteiger partial charge in [0, 0.05) is 41.3 Å². The van der Waals surface area contributed by atoms with Gasteiger partial charge in [0.2, 0.25) is 5.95 Å². The fraction of sp³-hybridized carbons (Fsp3) is 0.312. The van der Waals surface area contributed by atoms with E-state index in [-0.39, 0.29) is 6.10 Å². The minimum atomic E-state index is -0.199. The number of aromatic nitrogens is 3. The second-order valence-electron chi connectivity index (χ2n) is 5.47. The third kappa shape index (κ3) is 2.99. The molecule has 118 valence electrons. The Hall–Kier alpha value is -1.83. The van der Waals surface area contributed by atoms with E-state index in [4.69, 9.17) is 4.98 Å². The predicted molar refractivity (Wildman–Crippen MR) is 93.9 cm³/mol. The van der Waals surface area contributed by atoms with Crippen molar-refractivity contribution in [3.8, 4) is 21.1 Å². The molecule has 1 N–H and O–H groups in total. The lowest BCUT2D eigenvalue weighted by molar-refractivity contribution is 0.145. The zero-order chi connectivity index (χ0) is 15.6. The molecule has 0 atom stereocenters. The van der Waals surface area contributed by atoms with Crippen LogP contribution in [0.5, 0.6) is 0 Å². The number of nitrogens with zero attached hydrogens (tertiary/aromatic N) is 4. The number of anilines is 1. The summed E-state index contributed by atoms with van der Waals surface area (Å²) in [5, 5.41) is 14.6. The third-order valence-electron chi connectivity index (χ3n) is 3.94. The lowest BCUT2D eigenvalue weighted by Crippen LogP contribution is -2.36. The molecule has 0 spiro atoms. The van der Waals surface area contributed by atoms with Gasteiger partial charge in [-0.05, 0) is 24.3 Å². The molecule has 0 radical (unpaired) electrons. The number of aliphatic hydroxyl groups is 1. The maximum absolute atomic E-state index is 9.67. The molecule has 5 nitrogen and oxygen atoms in total. The van der Waals surface area contributed by atoms with Crippen LogP contribution in [-0.2, 0) is 0 Å². The van der Waals surface area contributed by atoms with Crippen LogP contribution in [0.1, 0.15) is 12.8 Å². The maximum Gasteiger partial charge on any atom is 0.225 e. The molecule has 7 heteroatoms. The van der Waals surface area contributed by atoms with Crippen molar-refractivity contribution in [1.82, 2.24) is 15.0 Å². The van der Waals surface area contributed by atoms with E-state index in [0.717, 1.165) is 53.0 Å². The van der Waals surface area contributed by atoms with Crippen molar-refractivity contribution in [1.29, 1.82) is 0 Å². The van der Waals surface area contributed by atoms with Gasteiger partial charge in [-0.25, -0.2) is 15.0 Å². The number of thiophene rings is 1. The zero-order valence-electron chi connectivity index (χ0n) is 12.4. The van der Waals surface area contributed by atoms with E-state index < -0.39 is 0 Å². The molecule has 0 unspecified atom stereocenters. The smallest absolute Gasteiger partial charge is 0.225 e. The Morgan fingerprint density at radius 3 is 2.70 bits per heavy atom. The SMILES string of the molecule is OC1CCN(c2ncc(-c3cccs3)c(-c3nccs3)n2)CC1. The van der Waals surface area contributed by atoms with Crippen LogP contribution in [0.25, 0.3) is 21.1 Å². The highest BCUT2D eigenvalue weighted by Gasteiger charge is 2.21. The lowest BCUT2D eigenvalue weighted by Gasteiger charge is -2.29. The molecule has 0 amide bonds. The highest BCUT2D eigenvalue weighted by Crippen LogP contribution is 2.35. The van der Waals surface area contributed by atoms with Crippen LogP contribution in [0.3, 0.4) is 0 Å². The van der Waals surface area contributed by atoms with Crippen molar-refractivity contribution in [2.24, 2.45) is 0 Å². The van der Waals surface area contributed by atoms with Crippen LogP contribution >= 0.6 is 22.7 Å². The monoisotopic (exact) mass is 344 g/mol. The molecule has 0 bridgehead atoms. The van der Waals surface area contributed by atoms with Gasteiger partial charge in [-0.2, -0.15) is 0 Å². The van der Waals surface area contributed by atoms with Gasteiger partial charge in [-0.1, -0.05) is 6.07 Å². The largest absolute Gasteiger partial charge is 0.393 e. The average molecular weight is 344 g/mol. The minimum absolute atomic E-state index is 0.199. The molecule has 1 aliphatic rings. The zero-order valence-corrected chi connectivity index (χ0v) is 14.1. The van der Waals surface area contributed by atoms with Gasteiger partial charge in [0.15, 0.2) is 0 Å². The third-order valence-corrected chi connectivity index (χ3v) is 5.63. The van der Waals surface area contributed by atoms with Crippen LogP contribution in [0.15, 0.2) is 35.3 Å². The number of hydrogen-bond acceptors (Lipinski definition) is 7. The summed E-state index contributed by atoms with van der Waals surface area (Å²) in [5.41, 5.74) is 1.91. The van der Waals surface area contributed by atoms with Crippen molar-refractivity contribution in [2.45, 2.75) is 18.9 Å². The van der Waals surface area contributed by atoms with E-state index in [1.807, 2.05) is 17.6 Å². The van der Waals surface area contributed by atoms with Gasteiger partial charge in [0.1, 0.15) is 10.7 Å². The molecule has 23 heavy (non-hydrogen) atoms. The Balaban J connectivity index is 1.75. The second-order valence-corrected chi connectivity index (χ2v) is 7.31. The second kappa shape index (κ2) is 6.35. The Labute approximate surface area is 142 Å². The van der Waals surface area contributed by atoms with Crippen LogP contribution in [-0.4, -0.2) is 39.3 Å². The van der Waals surface area contributed by atoms with E-state index in [1.54, 1.807) is 28.9 Å². The van der Waals surface area contributed by atoms with E-state index in [9.17, 15) is 5.11 Å². The Morgan fingerprint density at radius 1 is 1.13 bits per heavy atom. The van der Waals surface area contributed by atoms with Crippen LogP contribution < -0.4 is 4.90 Å². The summed E-state index contributed by atoms with van der Waals surface area (Å²) in [6.07, 6.45) is 5.04. The normalized spacial score (nSPS) is 16.0. The number of piperidine rings is 1. The first-order chi connectivity index (χ1) is 11.3. The van der Waals surface area contributed by atoms with Gasteiger partial charge in [0.05, 0.1) is 6.10 Å². The molecule has 3 aromatic rings. The van der Waals surface area contributed by atoms with Crippen molar-refractivity contribution < 1.29 is 5.11 Å². The first-order valence-electron chi connectivity index (χ1n) is 7.55. The molecular weight excluding hydrogens is 328 g/mol. The Morgan fingerprint density at radius 2 is 2.00 bits per heavy atom. The lowest BCUT2D eigenvalue weighted by atomic mass is 10.1. The molecule has 1 aliphatic heterocycles. The summed E-state index contributed by atoms with van der Waals surface area (Å²) < 4.78 is 0. The fourth-order valence-corrected chi connectivity index (χ4v) is 4.08. The highest BCUT2D eigenvalue weighted by molar-refractivity contribution is 7.14. The average Bonchev–Trinajstić information content (AvgIpc) is 3.29. The molecule has 3 aromatic heterocycles. The molecule has 0 saturated carbocycles. The topological polar surface area (TPSA) is 62.1 Å². The summed E-state index contributed by atoms with van der Waals surface area (Å²) >= 11 is 3.27. The number of rotatable bonds is 3. The first-order valence-corrected chi connectivity index (χ1v) is 9.31. The van der Waals surface area contributed by atoms with Gasteiger partial charge in [-0.15, -0.1) is 22.7 Å². The van der Waals surface area contributed by atoms with Crippen molar-refractivity contribution >= 4 is 28.6 Å². The summed E-state index contributed by atoms with van der Waals surface area (Å²) in [6, 6.07) is 4.11. The molecule has 4 rings (SSSR count). The van der Waals surface area contributed by atoms with Gasteiger partial charge in [-0.3, -0.25) is 0 Å². The first kappa shape index (κ1) is 14.7. The summed E-state index contributed by atoms with van der Waals surface area (Å²) in [4.78, 5) is 17.1. The van der Waals surface area contributed by atoms with E-state index >= 15 is 0 Å². The van der Waals surface area contributed by atoms with Gasteiger partial charge < -0.3 is 10.0 Å². The molecule has 0 aromatic carbocycles. The molecule has 1 fully saturated rings. The van der Waals surface area contributed by atoms with Crippen molar-refractivity contribution in [3.63, 3.8) is 0 Å². The summed E-state index contributed by atoms with van der Waals surface area (Å²) in [7, 11) is 0. The Bertz CT molecular complexity index is 765. The molecule has 1 saturated heterocycles. The van der Waals surface area contributed by atoms with E-state index in [2.05, 4.69) is 26.3 Å². The highest BCUT2D eigenvalue weighted by atomic mass is 32.1. The quantitative estimate of drug-likeness (QED) is 0.790. The Kier molecular flexibility index (Phi) is 4.07. The number of hydrogen-bond donors (Lipinski definition) is 1. The maximum atomic E-state index is 9.67.